The highest BCUT2D eigenvalue weighted by Crippen LogP contribution is 2.22. The second-order valence-electron chi connectivity index (χ2n) is 4.46. The first-order chi connectivity index (χ1) is 9.85. The summed E-state index contributed by atoms with van der Waals surface area (Å²) < 4.78 is 5.81. The number of ether oxygens (including phenoxy) is 1. The van der Waals surface area contributed by atoms with Gasteiger partial charge in [0, 0.05) is 43.7 Å². The predicted molar refractivity (Wildman–Crippen MR) is 74.7 cm³/mol. The quantitative estimate of drug-likeness (QED) is 0.857. The van der Waals surface area contributed by atoms with Gasteiger partial charge in [-0.1, -0.05) is 11.3 Å². The Morgan fingerprint density at radius 1 is 1.30 bits per heavy atom. The highest BCUT2D eigenvalue weighted by atomic mass is 32.1. The summed E-state index contributed by atoms with van der Waals surface area (Å²) in [6.45, 7) is 1.65. The highest BCUT2D eigenvalue weighted by molar-refractivity contribution is 7.11. The summed E-state index contributed by atoms with van der Waals surface area (Å²) in [6, 6.07) is 3.65. The van der Waals surface area contributed by atoms with Gasteiger partial charge in [0.05, 0.1) is 0 Å². The molecule has 0 amide bonds. The molecular weight excluding hydrogens is 274 g/mol. The fourth-order valence-corrected chi connectivity index (χ4v) is 2.70. The van der Waals surface area contributed by atoms with Crippen molar-refractivity contribution in [1.82, 2.24) is 15.0 Å². The van der Waals surface area contributed by atoms with Crippen LogP contribution in [0.25, 0.3) is 0 Å². The van der Waals surface area contributed by atoms with Crippen LogP contribution >= 0.6 is 11.3 Å². The van der Waals surface area contributed by atoms with Crippen LogP contribution in [0.3, 0.4) is 0 Å². The van der Waals surface area contributed by atoms with Crippen molar-refractivity contribution in [2.75, 3.05) is 18.0 Å². The zero-order chi connectivity index (χ0) is 13.8. The lowest BCUT2D eigenvalue weighted by Gasteiger charge is -2.31. The first-order valence-corrected chi connectivity index (χ1v) is 7.27. The van der Waals surface area contributed by atoms with Gasteiger partial charge in [-0.05, 0) is 6.07 Å². The maximum absolute atomic E-state index is 8.86. The summed E-state index contributed by atoms with van der Waals surface area (Å²) >= 11 is 1.51. The molecular formula is C13H13N5OS. The second-order valence-corrected chi connectivity index (χ2v) is 5.31. The minimum Gasteiger partial charge on any atom is -0.467 e. The van der Waals surface area contributed by atoms with E-state index >= 15 is 0 Å². The summed E-state index contributed by atoms with van der Waals surface area (Å²) in [4.78, 5) is 14.7. The van der Waals surface area contributed by atoms with Crippen LogP contribution in [0.4, 0.5) is 5.95 Å². The van der Waals surface area contributed by atoms with Gasteiger partial charge in [-0.2, -0.15) is 5.26 Å². The number of hydrogen-bond acceptors (Lipinski definition) is 7. The van der Waals surface area contributed by atoms with Gasteiger partial charge in [0.2, 0.25) is 5.95 Å². The average molecular weight is 287 g/mol. The third kappa shape index (κ3) is 2.86. The van der Waals surface area contributed by atoms with E-state index in [9.17, 15) is 0 Å². The van der Waals surface area contributed by atoms with Gasteiger partial charge in [0.25, 0.3) is 5.19 Å². The number of rotatable bonds is 3. The molecule has 0 unspecified atom stereocenters. The van der Waals surface area contributed by atoms with Crippen LogP contribution in [0.1, 0.15) is 18.5 Å². The summed E-state index contributed by atoms with van der Waals surface area (Å²) in [5, 5.41) is 11.5. The largest absolute Gasteiger partial charge is 0.467 e. The fourth-order valence-electron chi connectivity index (χ4n) is 2.15. The zero-order valence-electron chi connectivity index (χ0n) is 10.8. The molecule has 0 spiro atoms. The summed E-state index contributed by atoms with van der Waals surface area (Å²) in [5.41, 5.74) is 0.399. The Labute approximate surface area is 120 Å². The van der Waals surface area contributed by atoms with Crippen molar-refractivity contribution < 1.29 is 4.74 Å². The van der Waals surface area contributed by atoms with E-state index in [2.05, 4.69) is 19.9 Å². The lowest BCUT2D eigenvalue weighted by atomic mass is 10.1. The van der Waals surface area contributed by atoms with E-state index in [4.69, 9.17) is 10.00 Å². The van der Waals surface area contributed by atoms with Crippen molar-refractivity contribution in [3.05, 3.63) is 29.5 Å². The van der Waals surface area contributed by atoms with Crippen LogP contribution in [-0.2, 0) is 0 Å². The number of piperidine rings is 1. The smallest absolute Gasteiger partial charge is 0.273 e. The molecule has 1 fully saturated rings. The molecule has 1 aliphatic heterocycles. The fraction of sp³-hybridized carbons (Fsp3) is 0.385. The van der Waals surface area contributed by atoms with E-state index in [-0.39, 0.29) is 6.10 Å². The summed E-state index contributed by atoms with van der Waals surface area (Å²) in [6.07, 6.45) is 5.37. The van der Waals surface area contributed by atoms with Crippen LogP contribution in [0.5, 0.6) is 5.19 Å². The molecule has 102 valence electrons. The zero-order valence-corrected chi connectivity index (χ0v) is 11.6. The van der Waals surface area contributed by atoms with Gasteiger partial charge >= 0.3 is 0 Å². The minimum atomic E-state index is 0.191. The van der Waals surface area contributed by atoms with Crippen molar-refractivity contribution in [3.63, 3.8) is 0 Å². The first-order valence-electron chi connectivity index (χ1n) is 6.39. The number of aromatic nitrogens is 3. The molecule has 1 aliphatic rings. The Hall–Kier alpha value is -2.20. The van der Waals surface area contributed by atoms with Gasteiger partial charge < -0.3 is 9.64 Å². The number of thiazole rings is 1. The molecule has 1 saturated heterocycles. The Kier molecular flexibility index (Phi) is 3.74. The van der Waals surface area contributed by atoms with Gasteiger partial charge in [-0.25, -0.2) is 15.0 Å². The van der Waals surface area contributed by atoms with Crippen LogP contribution in [-0.4, -0.2) is 34.1 Å². The molecule has 0 aromatic carbocycles. The predicted octanol–water partition coefficient (Wildman–Crippen LogP) is 1.85. The van der Waals surface area contributed by atoms with Crippen molar-refractivity contribution >= 4 is 17.3 Å². The third-order valence-corrected chi connectivity index (χ3v) is 3.82. The summed E-state index contributed by atoms with van der Waals surface area (Å²) in [5.74, 6) is 0.622. The van der Waals surface area contributed by atoms with Gasteiger partial charge in [-0.3, -0.25) is 0 Å². The van der Waals surface area contributed by atoms with E-state index in [1.54, 1.807) is 18.5 Å². The molecule has 6 nitrogen and oxygen atoms in total. The molecule has 2 aromatic rings. The SMILES string of the molecule is N#Cc1ccnc(N2CCC(Oc3nccs3)CC2)n1. The number of nitriles is 1. The Balaban J connectivity index is 1.59. The van der Waals surface area contributed by atoms with E-state index in [1.807, 2.05) is 11.4 Å². The number of anilines is 1. The van der Waals surface area contributed by atoms with E-state index in [0.717, 1.165) is 31.1 Å². The number of hydrogen-bond donors (Lipinski definition) is 0. The Bertz CT molecular complexity index is 601. The molecule has 0 N–H and O–H groups in total. The van der Waals surface area contributed by atoms with Crippen LogP contribution in [0, 0.1) is 11.3 Å². The molecule has 0 atom stereocenters. The molecule has 0 bridgehead atoms. The maximum atomic E-state index is 8.86. The molecule has 2 aromatic heterocycles. The van der Waals surface area contributed by atoms with Crippen LogP contribution < -0.4 is 9.64 Å². The molecule has 7 heteroatoms. The third-order valence-electron chi connectivity index (χ3n) is 3.16. The topological polar surface area (TPSA) is 74.9 Å². The minimum absolute atomic E-state index is 0.191. The van der Waals surface area contributed by atoms with Crippen LogP contribution in [0.2, 0.25) is 0 Å². The van der Waals surface area contributed by atoms with Crippen LogP contribution in [0.15, 0.2) is 23.8 Å². The summed E-state index contributed by atoms with van der Waals surface area (Å²) in [7, 11) is 0. The molecule has 0 radical (unpaired) electrons. The molecule has 3 rings (SSSR count). The molecule has 20 heavy (non-hydrogen) atoms. The van der Waals surface area contributed by atoms with Gasteiger partial charge in [0.15, 0.2) is 0 Å². The normalized spacial score (nSPS) is 15.8. The first kappa shape index (κ1) is 12.8. The second kappa shape index (κ2) is 5.84. The molecule has 0 saturated carbocycles. The lowest BCUT2D eigenvalue weighted by molar-refractivity contribution is 0.170. The van der Waals surface area contributed by atoms with Crippen molar-refractivity contribution in [2.45, 2.75) is 18.9 Å². The van der Waals surface area contributed by atoms with Gasteiger partial charge in [0.1, 0.15) is 17.9 Å². The molecule has 3 heterocycles. The Morgan fingerprint density at radius 3 is 2.85 bits per heavy atom. The van der Waals surface area contributed by atoms with Crippen molar-refractivity contribution in [1.29, 1.82) is 5.26 Å². The van der Waals surface area contributed by atoms with Crippen molar-refractivity contribution in [2.24, 2.45) is 0 Å². The van der Waals surface area contributed by atoms with Gasteiger partial charge in [-0.15, -0.1) is 0 Å². The van der Waals surface area contributed by atoms with E-state index in [0.29, 0.717) is 11.6 Å². The Morgan fingerprint density at radius 2 is 2.15 bits per heavy atom. The lowest BCUT2D eigenvalue weighted by Crippen LogP contribution is -2.39. The van der Waals surface area contributed by atoms with Crippen molar-refractivity contribution in [3.8, 4) is 11.3 Å². The molecule has 0 aliphatic carbocycles. The van der Waals surface area contributed by atoms with E-state index < -0.39 is 0 Å². The standard InChI is InChI=1S/C13H13N5OS/c14-9-10-1-4-15-12(17-10)18-6-2-11(3-7-18)19-13-16-5-8-20-13/h1,4-5,8,11H,2-3,6-7H2. The monoisotopic (exact) mass is 287 g/mol. The highest BCUT2D eigenvalue weighted by Gasteiger charge is 2.22. The van der Waals surface area contributed by atoms with E-state index in [1.165, 1.54) is 11.3 Å². The average Bonchev–Trinajstić information content (AvgIpc) is 3.01. The number of nitrogens with zero attached hydrogens (tertiary/aromatic N) is 5. The maximum Gasteiger partial charge on any atom is 0.273 e.